The number of halogens is 1. The maximum Gasteiger partial charge on any atom is 0.0932 e. The molecule has 0 unspecified atom stereocenters. The lowest BCUT2D eigenvalue weighted by molar-refractivity contribution is 0.188. The molecule has 0 bridgehead atoms. The first-order valence-corrected chi connectivity index (χ1v) is 5.16. The van der Waals surface area contributed by atoms with Crippen LogP contribution < -0.4 is 5.73 Å². The minimum absolute atomic E-state index is 0.236. The second-order valence-electron chi connectivity index (χ2n) is 3.19. The molecule has 0 aliphatic heterocycles. The Bertz CT molecular complexity index is 452. The van der Waals surface area contributed by atoms with Crippen molar-refractivity contribution in [3.63, 3.8) is 0 Å². The largest absolute Gasteiger partial charge is 0.387 e. The molecule has 0 saturated heterocycles. The Balaban J connectivity index is 2.61. The second kappa shape index (κ2) is 3.73. The van der Waals surface area contributed by atoms with Crippen LogP contribution in [0, 0.1) is 0 Å². The predicted molar refractivity (Wildman–Crippen MR) is 60.0 cm³/mol. The fourth-order valence-corrected chi connectivity index (χ4v) is 1.88. The van der Waals surface area contributed by atoms with E-state index < -0.39 is 6.10 Å². The Morgan fingerprint density at radius 1 is 1.50 bits per heavy atom. The molecule has 2 aromatic rings. The molecule has 0 amide bonds. The lowest BCUT2D eigenvalue weighted by Crippen LogP contribution is -2.10. The van der Waals surface area contributed by atoms with Crippen molar-refractivity contribution in [2.45, 2.75) is 6.10 Å². The number of aliphatic hydroxyl groups is 1. The van der Waals surface area contributed by atoms with Crippen LogP contribution >= 0.6 is 15.9 Å². The van der Waals surface area contributed by atoms with Gasteiger partial charge in [-0.15, -0.1) is 0 Å². The Hall–Kier alpha value is -0.840. The number of benzene rings is 1. The lowest BCUT2D eigenvalue weighted by atomic mass is 10.1. The Morgan fingerprint density at radius 2 is 2.29 bits per heavy atom. The van der Waals surface area contributed by atoms with Gasteiger partial charge in [-0.05, 0) is 18.2 Å². The number of aromatic amines is 1. The van der Waals surface area contributed by atoms with Crippen LogP contribution in [0.1, 0.15) is 11.7 Å². The minimum atomic E-state index is -0.599. The molecule has 4 heteroatoms. The first-order chi connectivity index (χ1) is 6.72. The van der Waals surface area contributed by atoms with Gasteiger partial charge in [0, 0.05) is 33.7 Å². The van der Waals surface area contributed by atoms with E-state index in [0.29, 0.717) is 0 Å². The molecule has 3 nitrogen and oxygen atoms in total. The number of aliphatic hydroxyl groups excluding tert-OH is 1. The average Bonchev–Trinajstić information content (AvgIpc) is 2.59. The highest BCUT2D eigenvalue weighted by Gasteiger charge is 2.10. The molecule has 0 saturated carbocycles. The normalized spacial score (nSPS) is 13.4. The number of H-pyrrole nitrogens is 1. The molecule has 0 fully saturated rings. The summed E-state index contributed by atoms with van der Waals surface area (Å²) in [5.41, 5.74) is 7.28. The summed E-state index contributed by atoms with van der Waals surface area (Å²) in [5, 5.41) is 10.7. The molecule has 74 valence electrons. The van der Waals surface area contributed by atoms with Gasteiger partial charge < -0.3 is 15.8 Å². The number of aromatic nitrogens is 1. The third-order valence-electron chi connectivity index (χ3n) is 2.26. The van der Waals surface area contributed by atoms with Gasteiger partial charge in [0.2, 0.25) is 0 Å². The van der Waals surface area contributed by atoms with E-state index in [1.54, 1.807) is 6.20 Å². The van der Waals surface area contributed by atoms with Gasteiger partial charge in [0.1, 0.15) is 0 Å². The summed E-state index contributed by atoms with van der Waals surface area (Å²) in [6.07, 6.45) is 1.20. The zero-order valence-electron chi connectivity index (χ0n) is 7.50. The SMILES string of the molecule is NC[C@@H](O)c1c[nH]c2ccc(Br)cc12. The van der Waals surface area contributed by atoms with Gasteiger partial charge in [-0.1, -0.05) is 15.9 Å². The number of nitrogens with one attached hydrogen (secondary N) is 1. The maximum absolute atomic E-state index is 9.65. The van der Waals surface area contributed by atoms with Crippen molar-refractivity contribution in [2.75, 3.05) is 6.54 Å². The Labute approximate surface area is 90.1 Å². The van der Waals surface area contributed by atoms with Crippen LogP contribution in [0.5, 0.6) is 0 Å². The van der Waals surface area contributed by atoms with Crippen molar-refractivity contribution in [2.24, 2.45) is 5.73 Å². The zero-order chi connectivity index (χ0) is 10.1. The molecule has 2 rings (SSSR count). The van der Waals surface area contributed by atoms with Crippen LogP contribution in [0.25, 0.3) is 10.9 Å². The smallest absolute Gasteiger partial charge is 0.0932 e. The van der Waals surface area contributed by atoms with Gasteiger partial charge in [0.25, 0.3) is 0 Å². The van der Waals surface area contributed by atoms with E-state index >= 15 is 0 Å². The van der Waals surface area contributed by atoms with Crippen LogP contribution in [0.2, 0.25) is 0 Å². The second-order valence-corrected chi connectivity index (χ2v) is 4.10. The molecule has 1 heterocycles. The van der Waals surface area contributed by atoms with Crippen LogP contribution in [0.3, 0.4) is 0 Å². The molecule has 1 atom stereocenters. The highest BCUT2D eigenvalue weighted by molar-refractivity contribution is 9.10. The van der Waals surface area contributed by atoms with E-state index in [-0.39, 0.29) is 6.54 Å². The lowest BCUT2D eigenvalue weighted by Gasteiger charge is -2.05. The topological polar surface area (TPSA) is 62.0 Å². The summed E-state index contributed by atoms with van der Waals surface area (Å²) in [6, 6.07) is 5.89. The minimum Gasteiger partial charge on any atom is -0.387 e. The number of rotatable bonds is 2. The van der Waals surface area contributed by atoms with Crippen molar-refractivity contribution in [3.8, 4) is 0 Å². The van der Waals surface area contributed by atoms with E-state index in [4.69, 9.17) is 5.73 Å². The fourth-order valence-electron chi connectivity index (χ4n) is 1.52. The summed E-state index contributed by atoms with van der Waals surface area (Å²) >= 11 is 3.40. The summed E-state index contributed by atoms with van der Waals surface area (Å²) in [5.74, 6) is 0. The van der Waals surface area contributed by atoms with Crippen molar-refractivity contribution >= 4 is 26.8 Å². The monoisotopic (exact) mass is 254 g/mol. The predicted octanol–water partition coefficient (Wildman–Crippen LogP) is 1.92. The van der Waals surface area contributed by atoms with Gasteiger partial charge >= 0.3 is 0 Å². The van der Waals surface area contributed by atoms with E-state index in [2.05, 4.69) is 20.9 Å². The molecule has 0 aliphatic carbocycles. The number of hydrogen-bond acceptors (Lipinski definition) is 2. The quantitative estimate of drug-likeness (QED) is 0.767. The van der Waals surface area contributed by atoms with E-state index in [1.165, 1.54) is 0 Å². The molecule has 14 heavy (non-hydrogen) atoms. The Kier molecular flexibility index (Phi) is 2.58. The average molecular weight is 255 g/mol. The Morgan fingerprint density at radius 3 is 3.00 bits per heavy atom. The summed E-state index contributed by atoms with van der Waals surface area (Å²) < 4.78 is 0.995. The molecule has 1 aromatic heterocycles. The van der Waals surface area contributed by atoms with Crippen LogP contribution in [0.15, 0.2) is 28.9 Å². The zero-order valence-corrected chi connectivity index (χ0v) is 9.08. The molecule has 0 spiro atoms. The number of fused-ring (bicyclic) bond motifs is 1. The van der Waals surface area contributed by atoms with Gasteiger partial charge in [-0.3, -0.25) is 0 Å². The van der Waals surface area contributed by atoms with E-state index in [1.807, 2.05) is 18.2 Å². The molecule has 4 N–H and O–H groups in total. The number of nitrogens with two attached hydrogens (primary N) is 1. The highest BCUT2D eigenvalue weighted by atomic mass is 79.9. The van der Waals surface area contributed by atoms with Gasteiger partial charge in [0.15, 0.2) is 0 Å². The molecular weight excluding hydrogens is 244 g/mol. The first kappa shape index (κ1) is 9.71. The van der Waals surface area contributed by atoms with Crippen molar-refractivity contribution < 1.29 is 5.11 Å². The molecule has 1 aromatic carbocycles. The van der Waals surface area contributed by atoms with E-state index in [0.717, 1.165) is 20.9 Å². The third-order valence-corrected chi connectivity index (χ3v) is 2.75. The standard InChI is InChI=1S/C10H11BrN2O/c11-6-1-2-9-7(3-6)8(5-13-9)10(14)4-12/h1-3,5,10,13-14H,4,12H2/t10-/m1/s1. The fraction of sp³-hybridized carbons (Fsp3) is 0.200. The molecule has 0 aliphatic rings. The van der Waals surface area contributed by atoms with Crippen LogP contribution in [0.4, 0.5) is 0 Å². The van der Waals surface area contributed by atoms with Crippen LogP contribution in [-0.2, 0) is 0 Å². The summed E-state index contributed by atoms with van der Waals surface area (Å²) in [7, 11) is 0. The van der Waals surface area contributed by atoms with Crippen molar-refractivity contribution in [1.29, 1.82) is 0 Å². The van der Waals surface area contributed by atoms with E-state index in [9.17, 15) is 5.11 Å². The van der Waals surface area contributed by atoms with Crippen molar-refractivity contribution in [3.05, 3.63) is 34.4 Å². The van der Waals surface area contributed by atoms with Gasteiger partial charge in [0.05, 0.1) is 6.10 Å². The highest BCUT2D eigenvalue weighted by Crippen LogP contribution is 2.26. The summed E-state index contributed by atoms with van der Waals surface area (Å²) in [4.78, 5) is 3.09. The van der Waals surface area contributed by atoms with Crippen molar-refractivity contribution in [1.82, 2.24) is 4.98 Å². The molecular formula is C10H11BrN2O. The first-order valence-electron chi connectivity index (χ1n) is 4.37. The maximum atomic E-state index is 9.65. The van der Waals surface area contributed by atoms with Crippen LogP contribution in [-0.4, -0.2) is 16.6 Å². The third kappa shape index (κ3) is 1.56. The molecule has 0 radical (unpaired) electrons. The van der Waals surface area contributed by atoms with Gasteiger partial charge in [-0.2, -0.15) is 0 Å². The van der Waals surface area contributed by atoms with Gasteiger partial charge in [-0.25, -0.2) is 0 Å². The summed E-state index contributed by atoms with van der Waals surface area (Å²) in [6.45, 7) is 0.236. The number of hydrogen-bond donors (Lipinski definition) is 3.